The molecule has 0 spiro atoms. The van der Waals surface area contributed by atoms with Crippen molar-refractivity contribution < 1.29 is 19.4 Å². The number of rotatable bonds is 6. The second-order valence-corrected chi connectivity index (χ2v) is 3.27. The summed E-state index contributed by atoms with van der Waals surface area (Å²) in [5.41, 5.74) is 0.900. The summed E-state index contributed by atoms with van der Waals surface area (Å²) in [6.45, 7) is 1.88. The average molecular weight is 222 g/mol. The normalized spacial score (nSPS) is 9.81. The smallest absolute Gasteiger partial charge is 0.299 e. The summed E-state index contributed by atoms with van der Waals surface area (Å²) in [5.74, 6) is -0.809. The van der Waals surface area contributed by atoms with Gasteiger partial charge >= 0.3 is 5.97 Å². The molecule has 1 aromatic rings. The fraction of sp³-hybridized carbons (Fsp3) is 0.333. The Morgan fingerprint density at radius 1 is 1.19 bits per heavy atom. The van der Waals surface area contributed by atoms with E-state index in [9.17, 15) is 9.59 Å². The van der Waals surface area contributed by atoms with E-state index in [0.717, 1.165) is 5.56 Å². The lowest BCUT2D eigenvalue weighted by atomic mass is 10.2. The van der Waals surface area contributed by atoms with Gasteiger partial charge in [-0.15, -0.1) is 0 Å². The molecule has 0 saturated heterocycles. The van der Waals surface area contributed by atoms with E-state index in [4.69, 9.17) is 4.89 Å². The highest BCUT2D eigenvalue weighted by Gasteiger charge is 2.09. The quantitative estimate of drug-likeness (QED) is 0.420. The van der Waals surface area contributed by atoms with Gasteiger partial charge in [-0.05, 0) is 5.56 Å². The first-order valence-corrected chi connectivity index (χ1v) is 5.10. The Bertz CT molecular complexity index is 345. The topological polar surface area (TPSA) is 52.6 Å². The Labute approximate surface area is 94.1 Å². The molecule has 0 fully saturated rings. The van der Waals surface area contributed by atoms with Gasteiger partial charge in [0.05, 0.1) is 0 Å². The van der Waals surface area contributed by atoms with Gasteiger partial charge in [0.15, 0.2) is 0 Å². The molecule has 0 N–H and O–H groups in total. The molecule has 86 valence electrons. The van der Waals surface area contributed by atoms with Crippen LogP contribution in [0.3, 0.4) is 0 Å². The molecule has 1 aromatic carbocycles. The molecule has 0 heterocycles. The second kappa shape index (κ2) is 6.74. The van der Waals surface area contributed by atoms with Crippen LogP contribution in [0.25, 0.3) is 0 Å². The minimum atomic E-state index is -0.650. The number of carbonyl (C=O) groups excluding carboxylic acids is 2. The van der Waals surface area contributed by atoms with E-state index in [1.807, 2.05) is 30.3 Å². The lowest BCUT2D eigenvalue weighted by molar-refractivity contribution is -0.279. The molecule has 0 saturated carbocycles. The van der Waals surface area contributed by atoms with Gasteiger partial charge < -0.3 is 0 Å². The van der Waals surface area contributed by atoms with Gasteiger partial charge in [0.25, 0.3) is 0 Å². The maximum Gasteiger partial charge on any atom is 0.349 e. The summed E-state index contributed by atoms with van der Waals surface area (Å²) in [5, 5.41) is 0. The lowest BCUT2D eigenvalue weighted by Gasteiger charge is -2.02. The average Bonchev–Trinajstić information content (AvgIpc) is 2.30. The highest BCUT2D eigenvalue weighted by molar-refractivity contribution is 5.95. The highest BCUT2D eigenvalue weighted by atomic mass is 17.2. The van der Waals surface area contributed by atoms with Crippen LogP contribution >= 0.6 is 0 Å². The zero-order valence-corrected chi connectivity index (χ0v) is 9.14. The van der Waals surface area contributed by atoms with Crippen LogP contribution in [0.5, 0.6) is 0 Å². The largest absolute Gasteiger partial charge is 0.349 e. The van der Waals surface area contributed by atoms with E-state index in [0.29, 0.717) is 6.42 Å². The van der Waals surface area contributed by atoms with Crippen molar-refractivity contribution in [2.45, 2.75) is 26.4 Å². The fourth-order valence-electron chi connectivity index (χ4n) is 1.05. The molecule has 0 aliphatic rings. The predicted octanol–water partition coefficient (Wildman–Crippen LogP) is 2.03. The Morgan fingerprint density at radius 3 is 2.50 bits per heavy atom. The van der Waals surface area contributed by atoms with Crippen LogP contribution < -0.4 is 0 Å². The van der Waals surface area contributed by atoms with Crippen molar-refractivity contribution in [2.24, 2.45) is 0 Å². The SMILES string of the molecule is CCC(=O)CC(=O)OOCc1ccccc1. The highest BCUT2D eigenvalue weighted by Crippen LogP contribution is 2.01. The Morgan fingerprint density at radius 2 is 1.88 bits per heavy atom. The molecule has 0 aliphatic carbocycles. The summed E-state index contributed by atoms with van der Waals surface area (Å²) in [6, 6.07) is 9.31. The molecule has 0 aliphatic heterocycles. The first-order valence-electron chi connectivity index (χ1n) is 5.10. The van der Waals surface area contributed by atoms with Crippen molar-refractivity contribution in [2.75, 3.05) is 0 Å². The number of hydrogen-bond acceptors (Lipinski definition) is 4. The molecule has 16 heavy (non-hydrogen) atoms. The third kappa shape index (κ3) is 4.70. The number of hydrogen-bond donors (Lipinski definition) is 0. The minimum Gasteiger partial charge on any atom is -0.299 e. The van der Waals surface area contributed by atoms with Crippen LogP contribution in [0.2, 0.25) is 0 Å². The number of carbonyl (C=O) groups is 2. The molecule has 0 unspecified atom stereocenters. The van der Waals surface area contributed by atoms with E-state index < -0.39 is 5.97 Å². The van der Waals surface area contributed by atoms with Crippen LogP contribution in [0.4, 0.5) is 0 Å². The van der Waals surface area contributed by atoms with Crippen molar-refractivity contribution in [3.05, 3.63) is 35.9 Å². The molecule has 1 rings (SSSR count). The summed E-state index contributed by atoms with van der Waals surface area (Å²) in [6.07, 6.45) is 0.0963. The minimum absolute atomic E-state index is 0.159. The van der Waals surface area contributed by atoms with Crippen molar-refractivity contribution in [1.29, 1.82) is 0 Å². The zero-order valence-electron chi connectivity index (χ0n) is 9.14. The zero-order chi connectivity index (χ0) is 11.8. The molecule has 0 bridgehead atoms. The van der Waals surface area contributed by atoms with E-state index in [2.05, 4.69) is 4.89 Å². The number of Topliss-reactive ketones (excluding diaryl/α,β-unsaturated/α-hetero) is 1. The van der Waals surface area contributed by atoms with Gasteiger partial charge in [0, 0.05) is 6.42 Å². The van der Waals surface area contributed by atoms with Crippen LogP contribution in [0.1, 0.15) is 25.3 Å². The lowest BCUT2D eigenvalue weighted by Crippen LogP contribution is -2.10. The summed E-state index contributed by atoms with van der Waals surface area (Å²) in [7, 11) is 0. The number of benzene rings is 1. The fourth-order valence-corrected chi connectivity index (χ4v) is 1.05. The van der Waals surface area contributed by atoms with E-state index in [1.54, 1.807) is 6.92 Å². The van der Waals surface area contributed by atoms with Gasteiger partial charge in [-0.2, -0.15) is 4.89 Å². The van der Waals surface area contributed by atoms with Crippen LogP contribution in [-0.4, -0.2) is 11.8 Å². The summed E-state index contributed by atoms with van der Waals surface area (Å²) < 4.78 is 0. The van der Waals surface area contributed by atoms with Crippen molar-refractivity contribution in [3.8, 4) is 0 Å². The van der Waals surface area contributed by atoms with Crippen LogP contribution in [0, 0.1) is 0 Å². The van der Waals surface area contributed by atoms with Crippen LogP contribution in [-0.2, 0) is 26.0 Å². The van der Waals surface area contributed by atoms with Gasteiger partial charge in [0.2, 0.25) is 0 Å². The Kier molecular flexibility index (Phi) is 5.22. The third-order valence-electron chi connectivity index (χ3n) is 1.96. The molecule has 4 heteroatoms. The maximum absolute atomic E-state index is 11.0. The van der Waals surface area contributed by atoms with Crippen molar-refractivity contribution in [1.82, 2.24) is 0 Å². The van der Waals surface area contributed by atoms with E-state index in [1.165, 1.54) is 0 Å². The first kappa shape index (κ1) is 12.4. The molecular formula is C12H14O4. The van der Waals surface area contributed by atoms with Crippen LogP contribution in [0.15, 0.2) is 30.3 Å². The number of ketones is 1. The molecule has 0 amide bonds. The summed E-state index contributed by atoms with van der Waals surface area (Å²) >= 11 is 0. The van der Waals surface area contributed by atoms with Gasteiger partial charge in [0.1, 0.15) is 18.8 Å². The van der Waals surface area contributed by atoms with E-state index >= 15 is 0 Å². The predicted molar refractivity (Wildman–Crippen MR) is 57.2 cm³/mol. The standard InChI is InChI=1S/C12H14O4/c1-2-11(13)8-12(14)16-15-9-10-6-4-3-5-7-10/h3-7H,2,8-9H2,1H3. The Balaban J connectivity index is 2.21. The monoisotopic (exact) mass is 222 g/mol. The molecule has 0 radical (unpaired) electrons. The van der Waals surface area contributed by atoms with Crippen molar-refractivity contribution in [3.63, 3.8) is 0 Å². The molecule has 4 nitrogen and oxygen atoms in total. The van der Waals surface area contributed by atoms with Gasteiger partial charge in [-0.25, -0.2) is 4.79 Å². The second-order valence-electron chi connectivity index (χ2n) is 3.27. The first-order chi connectivity index (χ1) is 7.72. The van der Waals surface area contributed by atoms with Crippen molar-refractivity contribution >= 4 is 11.8 Å². The van der Waals surface area contributed by atoms with Gasteiger partial charge in [-0.1, -0.05) is 37.3 Å². The maximum atomic E-state index is 11.0. The third-order valence-corrected chi connectivity index (χ3v) is 1.96. The van der Waals surface area contributed by atoms with Gasteiger partial charge in [-0.3, -0.25) is 9.68 Å². The molecule has 0 atom stereocenters. The Hall–Kier alpha value is -1.68. The molecule has 0 aromatic heterocycles. The van der Waals surface area contributed by atoms with E-state index in [-0.39, 0.29) is 18.8 Å². The molecular weight excluding hydrogens is 208 g/mol. The summed E-state index contributed by atoms with van der Waals surface area (Å²) in [4.78, 5) is 31.1.